The molecule has 4 nitrogen and oxygen atoms in total. The number of fused-ring (bicyclic) bond motifs is 1. The van der Waals surface area contributed by atoms with Crippen molar-refractivity contribution in [2.75, 3.05) is 13.1 Å². The van der Waals surface area contributed by atoms with Gasteiger partial charge in [0.2, 0.25) is 0 Å². The first-order valence-corrected chi connectivity index (χ1v) is 5.12. The highest BCUT2D eigenvalue weighted by Crippen LogP contribution is 2.61. The molecule has 78 valence electrons. The van der Waals surface area contributed by atoms with Crippen molar-refractivity contribution in [1.29, 1.82) is 0 Å². The van der Waals surface area contributed by atoms with Crippen molar-refractivity contribution < 1.29 is 0 Å². The molecule has 0 bridgehead atoms. The molecule has 0 amide bonds. The Morgan fingerprint density at radius 1 is 1.47 bits per heavy atom. The molecule has 0 aromatic heterocycles. The molecule has 2 aliphatic rings. The number of nitrogens with zero attached hydrogens (tertiary/aromatic N) is 4. The van der Waals surface area contributed by atoms with E-state index in [1.807, 2.05) is 0 Å². The Bertz CT molecular complexity index is 388. The van der Waals surface area contributed by atoms with Crippen LogP contribution in [-0.2, 0) is 0 Å². The molecule has 0 unspecified atom stereocenters. The molecule has 0 N–H and O–H groups in total. The van der Waals surface area contributed by atoms with Gasteiger partial charge in [0.1, 0.15) is 0 Å². The van der Waals surface area contributed by atoms with E-state index in [1.165, 1.54) is 0 Å². The molecule has 15 heavy (non-hydrogen) atoms. The highest BCUT2D eigenvalue weighted by Gasteiger charge is 3.00. The van der Waals surface area contributed by atoms with Gasteiger partial charge in [-0.2, -0.15) is 0 Å². The first-order valence-electron chi connectivity index (χ1n) is 5.12. The number of likely N-dealkylation sites (tertiary alicyclic amines) is 1. The molecule has 0 radical (unpaired) electrons. The van der Waals surface area contributed by atoms with Crippen LogP contribution in [0.3, 0.4) is 0 Å². The van der Waals surface area contributed by atoms with Gasteiger partial charge < -0.3 is 0 Å². The maximum Gasteiger partial charge on any atom is 0.406 e. The van der Waals surface area contributed by atoms with Gasteiger partial charge in [-0.05, 0) is 20.6 Å². The SMILES string of the molecule is C#[N+][C@@H]1[C@@]2(N=C)CN(C(C)C)C[C@@]12[N+]#C. The second-order valence-electron chi connectivity index (χ2n) is 4.69. The van der Waals surface area contributed by atoms with Gasteiger partial charge >= 0.3 is 11.6 Å². The fraction of sp³-hybridized carbons (Fsp3) is 0.727. The van der Waals surface area contributed by atoms with E-state index in [0.717, 1.165) is 13.1 Å². The number of hydrogen-bond acceptors (Lipinski definition) is 2. The van der Waals surface area contributed by atoms with Gasteiger partial charge in [0.05, 0.1) is 6.54 Å². The molecule has 3 atom stereocenters. The molecule has 4 heteroatoms. The van der Waals surface area contributed by atoms with Crippen molar-refractivity contribution in [3.63, 3.8) is 0 Å². The van der Waals surface area contributed by atoms with E-state index >= 15 is 0 Å². The van der Waals surface area contributed by atoms with Crippen LogP contribution in [0.5, 0.6) is 0 Å². The number of rotatable bonds is 2. The van der Waals surface area contributed by atoms with E-state index in [-0.39, 0.29) is 11.6 Å². The number of hydrogen-bond donors (Lipinski definition) is 0. The molecule has 2 fully saturated rings. The van der Waals surface area contributed by atoms with E-state index < -0.39 is 5.54 Å². The van der Waals surface area contributed by atoms with Crippen LogP contribution in [0.2, 0.25) is 0 Å². The Morgan fingerprint density at radius 2 is 2.13 bits per heavy atom. The lowest BCUT2D eigenvalue weighted by molar-refractivity contribution is 0.241. The summed E-state index contributed by atoms with van der Waals surface area (Å²) >= 11 is 0. The van der Waals surface area contributed by atoms with Crippen LogP contribution in [0, 0.1) is 13.1 Å². The van der Waals surface area contributed by atoms with Crippen LogP contribution in [0.4, 0.5) is 0 Å². The zero-order valence-electron chi connectivity index (χ0n) is 9.22. The lowest BCUT2D eigenvalue weighted by atomic mass is 10.2. The summed E-state index contributed by atoms with van der Waals surface area (Å²) < 4.78 is 0. The second-order valence-corrected chi connectivity index (χ2v) is 4.69. The summed E-state index contributed by atoms with van der Waals surface area (Å²) in [6.07, 6.45) is 0. The van der Waals surface area contributed by atoms with Gasteiger partial charge in [0, 0.05) is 12.6 Å². The third-order valence-electron chi connectivity index (χ3n) is 3.85. The Balaban J connectivity index is 2.33. The predicted octanol–water partition coefficient (Wildman–Crippen LogP) is 1.20. The van der Waals surface area contributed by atoms with Gasteiger partial charge in [-0.3, -0.25) is 9.89 Å². The van der Waals surface area contributed by atoms with Crippen molar-refractivity contribution in [2.24, 2.45) is 4.99 Å². The first kappa shape index (κ1) is 10.1. The fourth-order valence-electron chi connectivity index (χ4n) is 2.78. The third-order valence-corrected chi connectivity index (χ3v) is 3.85. The monoisotopic (exact) mass is 204 g/mol. The molecular formula is C11H16N4+2. The van der Waals surface area contributed by atoms with Crippen molar-refractivity contribution in [1.82, 2.24) is 4.90 Å². The van der Waals surface area contributed by atoms with Crippen LogP contribution >= 0.6 is 0 Å². The zero-order chi connectivity index (χ0) is 11.3. The molecule has 2 rings (SSSR count). The summed E-state index contributed by atoms with van der Waals surface area (Å²) in [5, 5.41) is 0. The second kappa shape index (κ2) is 2.81. The molecular weight excluding hydrogens is 188 g/mol. The number of aliphatic imine (C=N–C) groups is 1. The van der Waals surface area contributed by atoms with Crippen LogP contribution in [0.15, 0.2) is 4.99 Å². The summed E-state index contributed by atoms with van der Waals surface area (Å²) in [5.74, 6) is 0. The van der Waals surface area contributed by atoms with Gasteiger partial charge in [-0.15, -0.1) is 0 Å². The van der Waals surface area contributed by atoms with Crippen molar-refractivity contribution in [3.05, 3.63) is 9.69 Å². The lowest BCUT2D eigenvalue weighted by Crippen LogP contribution is -2.36. The van der Waals surface area contributed by atoms with Gasteiger partial charge in [-0.1, -0.05) is 9.69 Å². The average Bonchev–Trinajstić information content (AvgIpc) is 2.61. The highest BCUT2D eigenvalue weighted by molar-refractivity contribution is 5.55. The minimum Gasteiger partial charge on any atom is -0.290 e. The van der Waals surface area contributed by atoms with Gasteiger partial charge in [0.15, 0.2) is 0 Å². The minimum atomic E-state index is -0.423. The molecule has 0 spiro atoms. The van der Waals surface area contributed by atoms with E-state index in [9.17, 15) is 0 Å². The predicted molar refractivity (Wildman–Crippen MR) is 62.1 cm³/mol. The van der Waals surface area contributed by atoms with Crippen molar-refractivity contribution >= 4 is 6.72 Å². The van der Waals surface area contributed by atoms with Crippen molar-refractivity contribution in [3.8, 4) is 13.1 Å². The quantitative estimate of drug-likeness (QED) is 0.620. The third kappa shape index (κ3) is 0.905. The average molecular weight is 204 g/mol. The maximum absolute atomic E-state index is 5.49. The zero-order valence-corrected chi connectivity index (χ0v) is 9.22. The van der Waals surface area contributed by atoms with E-state index in [4.69, 9.17) is 13.1 Å². The van der Waals surface area contributed by atoms with Crippen LogP contribution < -0.4 is 0 Å². The first-order chi connectivity index (χ1) is 7.08. The fourth-order valence-corrected chi connectivity index (χ4v) is 2.78. The summed E-state index contributed by atoms with van der Waals surface area (Å²) in [7, 11) is 0. The highest BCUT2D eigenvalue weighted by atomic mass is 15.4. The Morgan fingerprint density at radius 3 is 2.47 bits per heavy atom. The molecule has 1 saturated heterocycles. The minimum absolute atomic E-state index is 0.0949. The Hall–Kier alpha value is -1.39. The number of piperidine rings is 1. The van der Waals surface area contributed by atoms with E-state index in [2.05, 4.69) is 40.1 Å². The van der Waals surface area contributed by atoms with Crippen LogP contribution in [0.25, 0.3) is 9.69 Å². The topological polar surface area (TPSA) is 24.3 Å². The lowest BCUT2D eigenvalue weighted by Gasteiger charge is -2.20. The normalized spacial score (nSPS) is 43.1. The molecule has 0 aromatic carbocycles. The molecule has 1 saturated carbocycles. The van der Waals surface area contributed by atoms with Crippen LogP contribution in [-0.4, -0.2) is 47.9 Å². The molecule has 1 aliphatic carbocycles. The smallest absolute Gasteiger partial charge is 0.290 e. The largest absolute Gasteiger partial charge is 0.406 e. The van der Waals surface area contributed by atoms with E-state index in [0.29, 0.717) is 6.04 Å². The summed E-state index contributed by atoms with van der Waals surface area (Å²) in [6.45, 7) is 20.3. The van der Waals surface area contributed by atoms with Crippen molar-refractivity contribution in [2.45, 2.75) is 37.0 Å². The molecule has 0 aromatic rings. The Kier molecular flexibility index (Phi) is 1.90. The molecule has 1 aliphatic heterocycles. The summed E-state index contributed by atoms with van der Waals surface area (Å²) in [5.41, 5.74) is -0.797. The van der Waals surface area contributed by atoms with Gasteiger partial charge in [-0.25, -0.2) is 0 Å². The standard InChI is InChI=1S/C11H16N4/c1-8(2)15-6-10(13-4)9(12-3)11(10,7-15)14-5/h3-4,8-9H,5-7H2,1-2H3/q+2/t9-,10+,11-/m0/s1. The summed E-state index contributed by atoms with van der Waals surface area (Å²) in [6, 6.07) is 0.357. The maximum atomic E-state index is 5.49. The Labute approximate surface area is 90.2 Å². The van der Waals surface area contributed by atoms with Gasteiger partial charge in [0.25, 0.3) is 18.7 Å². The van der Waals surface area contributed by atoms with E-state index in [1.54, 1.807) is 0 Å². The summed E-state index contributed by atoms with van der Waals surface area (Å²) in [4.78, 5) is 14.3. The van der Waals surface area contributed by atoms with Crippen LogP contribution in [0.1, 0.15) is 13.8 Å². The molecule has 1 heterocycles.